The molecule has 32 heavy (non-hydrogen) atoms. The molecule has 0 fully saturated rings. The van der Waals surface area contributed by atoms with Gasteiger partial charge < -0.3 is 27.2 Å². The van der Waals surface area contributed by atoms with Crippen molar-refractivity contribution < 1.29 is 24.3 Å². The third-order valence-electron chi connectivity index (χ3n) is 5.18. The number of carbonyl (C=O) groups is 4. The Morgan fingerprint density at radius 1 is 0.969 bits per heavy atom. The molecule has 3 atom stereocenters. The number of rotatable bonds is 12. The first-order valence-electron chi connectivity index (χ1n) is 10.6. The van der Waals surface area contributed by atoms with Gasteiger partial charge in [-0.3, -0.25) is 19.2 Å². The molecule has 0 aliphatic carbocycles. The van der Waals surface area contributed by atoms with Gasteiger partial charge in [0, 0.05) is 6.42 Å². The highest BCUT2D eigenvalue weighted by Crippen LogP contribution is 2.20. The van der Waals surface area contributed by atoms with Crippen molar-refractivity contribution in [2.24, 2.45) is 11.5 Å². The number of hydrogen-bond acceptors (Lipinski definition) is 5. The molecule has 0 aliphatic heterocycles. The van der Waals surface area contributed by atoms with E-state index in [1.54, 1.807) is 0 Å². The molecule has 9 heteroatoms. The Hall–Kier alpha value is -3.46. The maximum atomic E-state index is 12.8. The molecule has 2 aromatic rings. The van der Waals surface area contributed by atoms with Crippen LogP contribution in [0.15, 0.2) is 42.5 Å². The van der Waals surface area contributed by atoms with Crippen molar-refractivity contribution in [3.63, 3.8) is 0 Å². The number of nitrogens with two attached hydrogens (primary N) is 2. The molecule has 0 radical (unpaired) electrons. The lowest BCUT2D eigenvalue weighted by atomic mass is 9.98. The molecule has 0 saturated carbocycles. The average molecular weight is 443 g/mol. The standard InChI is InChI=1S/C23H30N4O5/c1-2-3-11-17(24)22(31)27-19(13-20(28)29)23(32)26-18(21(25)30)12-15-9-6-8-14-7-4-5-10-16(14)15/h4-10,17-19H,2-3,11-13,24H2,1H3,(H2,25,30)(H,26,32)(H,27,31)(H,28,29)/t17-,18-,19-/m0/s1. The summed E-state index contributed by atoms with van der Waals surface area (Å²) in [4.78, 5) is 48.4. The molecule has 0 spiro atoms. The number of hydrogen-bond donors (Lipinski definition) is 5. The van der Waals surface area contributed by atoms with Gasteiger partial charge in [0.15, 0.2) is 0 Å². The van der Waals surface area contributed by atoms with E-state index < -0.39 is 48.2 Å². The first-order valence-corrected chi connectivity index (χ1v) is 10.6. The zero-order chi connectivity index (χ0) is 23.7. The van der Waals surface area contributed by atoms with Gasteiger partial charge in [-0.2, -0.15) is 0 Å². The molecule has 7 N–H and O–H groups in total. The molecule has 0 aromatic heterocycles. The monoisotopic (exact) mass is 442 g/mol. The van der Waals surface area contributed by atoms with Crippen LogP contribution in [0.1, 0.15) is 38.2 Å². The summed E-state index contributed by atoms with van der Waals surface area (Å²) < 4.78 is 0. The van der Waals surface area contributed by atoms with Gasteiger partial charge in [0.1, 0.15) is 12.1 Å². The summed E-state index contributed by atoms with van der Waals surface area (Å²) in [5, 5.41) is 15.9. The number of carbonyl (C=O) groups excluding carboxylic acids is 3. The van der Waals surface area contributed by atoms with E-state index in [2.05, 4.69) is 10.6 Å². The Morgan fingerprint density at radius 3 is 2.28 bits per heavy atom. The van der Waals surface area contributed by atoms with Gasteiger partial charge in [-0.15, -0.1) is 0 Å². The van der Waals surface area contributed by atoms with Gasteiger partial charge in [0.2, 0.25) is 17.7 Å². The molecular weight excluding hydrogens is 412 g/mol. The Balaban J connectivity index is 2.16. The summed E-state index contributed by atoms with van der Waals surface area (Å²) in [6.45, 7) is 1.95. The third kappa shape index (κ3) is 7.05. The Kier molecular flexibility index (Phi) is 9.15. The second kappa shape index (κ2) is 11.8. The molecule has 0 heterocycles. The highest BCUT2D eigenvalue weighted by molar-refractivity contribution is 5.95. The van der Waals surface area contributed by atoms with Crippen molar-refractivity contribution in [2.75, 3.05) is 0 Å². The smallest absolute Gasteiger partial charge is 0.305 e. The van der Waals surface area contributed by atoms with Crippen LogP contribution in [0, 0.1) is 0 Å². The van der Waals surface area contributed by atoms with Crippen LogP contribution in [-0.4, -0.2) is 46.9 Å². The lowest BCUT2D eigenvalue weighted by Gasteiger charge is -2.22. The van der Waals surface area contributed by atoms with E-state index in [1.165, 1.54) is 0 Å². The van der Waals surface area contributed by atoms with E-state index in [0.717, 1.165) is 29.2 Å². The first-order chi connectivity index (χ1) is 15.2. The number of carboxylic acid groups (broad SMARTS) is 1. The van der Waals surface area contributed by atoms with E-state index in [1.807, 2.05) is 49.4 Å². The van der Waals surface area contributed by atoms with Gasteiger partial charge in [0.05, 0.1) is 12.5 Å². The molecule has 0 saturated heterocycles. The van der Waals surface area contributed by atoms with Gasteiger partial charge in [-0.25, -0.2) is 0 Å². The van der Waals surface area contributed by atoms with Crippen molar-refractivity contribution in [1.29, 1.82) is 0 Å². The van der Waals surface area contributed by atoms with Crippen molar-refractivity contribution >= 4 is 34.5 Å². The second-order valence-corrected chi connectivity index (χ2v) is 7.71. The summed E-state index contributed by atoms with van der Waals surface area (Å²) in [6.07, 6.45) is 1.44. The lowest BCUT2D eigenvalue weighted by Crippen LogP contribution is -2.56. The fourth-order valence-electron chi connectivity index (χ4n) is 3.40. The molecule has 172 valence electrons. The van der Waals surface area contributed by atoms with Crippen molar-refractivity contribution in [1.82, 2.24) is 10.6 Å². The Morgan fingerprint density at radius 2 is 1.62 bits per heavy atom. The molecule has 0 aliphatic rings. The minimum atomic E-state index is -1.39. The second-order valence-electron chi connectivity index (χ2n) is 7.71. The van der Waals surface area contributed by atoms with Crippen LogP contribution >= 0.6 is 0 Å². The number of primary amides is 1. The summed E-state index contributed by atoms with van der Waals surface area (Å²) in [5.41, 5.74) is 12.1. The topological polar surface area (TPSA) is 165 Å². The van der Waals surface area contributed by atoms with Crippen LogP contribution in [0.25, 0.3) is 10.8 Å². The molecule has 3 amide bonds. The van der Waals surface area contributed by atoms with E-state index in [-0.39, 0.29) is 6.42 Å². The van der Waals surface area contributed by atoms with Crippen molar-refractivity contribution in [3.8, 4) is 0 Å². The normalized spacial score (nSPS) is 13.7. The molecular formula is C23H30N4O5. The van der Waals surface area contributed by atoms with Gasteiger partial charge in [0.25, 0.3) is 0 Å². The summed E-state index contributed by atoms with van der Waals surface area (Å²) in [7, 11) is 0. The van der Waals surface area contributed by atoms with Crippen LogP contribution in [0.2, 0.25) is 0 Å². The predicted octanol–water partition coefficient (Wildman–Crippen LogP) is 0.829. The molecule has 2 aromatic carbocycles. The minimum absolute atomic E-state index is 0.117. The van der Waals surface area contributed by atoms with Crippen LogP contribution in [0.5, 0.6) is 0 Å². The van der Waals surface area contributed by atoms with Crippen LogP contribution < -0.4 is 22.1 Å². The largest absolute Gasteiger partial charge is 0.481 e. The number of carboxylic acids is 1. The van der Waals surface area contributed by atoms with E-state index >= 15 is 0 Å². The van der Waals surface area contributed by atoms with Gasteiger partial charge in [-0.1, -0.05) is 62.2 Å². The number of fused-ring (bicyclic) bond motifs is 1. The molecule has 9 nitrogen and oxygen atoms in total. The number of unbranched alkanes of at least 4 members (excludes halogenated alkanes) is 1. The summed E-state index contributed by atoms with van der Waals surface area (Å²) in [6, 6.07) is 9.84. The zero-order valence-corrected chi connectivity index (χ0v) is 18.0. The first kappa shape index (κ1) is 24.8. The SMILES string of the molecule is CCCC[C@H](N)C(=O)N[C@@H](CC(=O)O)C(=O)N[C@@H](Cc1cccc2ccccc12)C(N)=O. The molecule has 0 unspecified atom stereocenters. The maximum Gasteiger partial charge on any atom is 0.305 e. The number of benzene rings is 2. The van der Waals surface area contributed by atoms with Gasteiger partial charge >= 0.3 is 5.97 Å². The number of aliphatic carboxylic acids is 1. The van der Waals surface area contributed by atoms with Crippen LogP contribution in [0.3, 0.4) is 0 Å². The fourth-order valence-corrected chi connectivity index (χ4v) is 3.40. The molecule has 2 rings (SSSR count). The predicted molar refractivity (Wildman–Crippen MR) is 120 cm³/mol. The summed E-state index contributed by atoms with van der Waals surface area (Å²) >= 11 is 0. The quantitative estimate of drug-likeness (QED) is 0.327. The summed E-state index contributed by atoms with van der Waals surface area (Å²) in [5.74, 6) is -3.49. The van der Waals surface area contributed by atoms with Crippen molar-refractivity contribution in [3.05, 3.63) is 48.0 Å². The van der Waals surface area contributed by atoms with E-state index in [9.17, 15) is 19.2 Å². The third-order valence-corrected chi connectivity index (χ3v) is 5.18. The Labute approximate surface area is 186 Å². The number of nitrogens with one attached hydrogen (secondary N) is 2. The highest BCUT2D eigenvalue weighted by atomic mass is 16.4. The zero-order valence-electron chi connectivity index (χ0n) is 18.0. The average Bonchev–Trinajstić information content (AvgIpc) is 2.76. The van der Waals surface area contributed by atoms with Crippen LogP contribution in [-0.2, 0) is 25.6 Å². The number of amides is 3. The minimum Gasteiger partial charge on any atom is -0.481 e. The maximum absolute atomic E-state index is 12.8. The lowest BCUT2D eigenvalue weighted by molar-refractivity contribution is -0.141. The fraction of sp³-hybridized carbons (Fsp3) is 0.391. The molecule has 0 bridgehead atoms. The van der Waals surface area contributed by atoms with E-state index in [4.69, 9.17) is 16.6 Å². The van der Waals surface area contributed by atoms with Gasteiger partial charge in [-0.05, 0) is 22.8 Å². The Bertz CT molecular complexity index is 973. The highest BCUT2D eigenvalue weighted by Gasteiger charge is 2.29. The van der Waals surface area contributed by atoms with E-state index in [0.29, 0.717) is 6.42 Å². The van der Waals surface area contributed by atoms with Crippen LogP contribution in [0.4, 0.5) is 0 Å². The van der Waals surface area contributed by atoms with Crippen molar-refractivity contribution in [2.45, 2.75) is 57.2 Å².